The van der Waals surface area contributed by atoms with Crippen LogP contribution in [0.3, 0.4) is 0 Å². The molecule has 1 aromatic heterocycles. The first-order valence-corrected chi connectivity index (χ1v) is 16.8. The van der Waals surface area contributed by atoms with Crippen molar-refractivity contribution in [1.82, 2.24) is 19.8 Å². The first kappa shape index (κ1) is 35.9. The van der Waals surface area contributed by atoms with Crippen molar-refractivity contribution < 1.29 is 36.8 Å². The zero-order chi connectivity index (χ0) is 35.6. The molecule has 0 saturated heterocycles. The number of benzene rings is 3. The lowest BCUT2D eigenvalue weighted by molar-refractivity contribution is -0.141. The molecule has 2 atom stereocenters. The van der Waals surface area contributed by atoms with E-state index in [1.54, 1.807) is 12.1 Å². The van der Waals surface area contributed by atoms with Crippen LogP contribution in [0.4, 0.5) is 28.0 Å². The summed E-state index contributed by atoms with van der Waals surface area (Å²) in [6.45, 7) is 5.35. The summed E-state index contributed by atoms with van der Waals surface area (Å²) in [5.41, 5.74) is -1.50. The fourth-order valence-corrected chi connectivity index (χ4v) is 6.37. The highest BCUT2D eigenvalue weighted by molar-refractivity contribution is 7.90. The topological polar surface area (TPSA) is 131 Å². The van der Waals surface area contributed by atoms with Crippen LogP contribution in [0.25, 0.3) is 5.69 Å². The summed E-state index contributed by atoms with van der Waals surface area (Å²) in [5.74, 6) is -1.40. The number of nitrogens with one attached hydrogen (secondary N) is 3. The lowest BCUT2D eigenvalue weighted by Crippen LogP contribution is -2.52. The minimum Gasteiger partial charge on any atom is -0.598 e. The summed E-state index contributed by atoms with van der Waals surface area (Å²) in [4.78, 5) is 24.7. The third kappa shape index (κ3) is 8.61. The number of anilines is 1. The normalized spacial score (nSPS) is 15.3. The van der Waals surface area contributed by atoms with Gasteiger partial charge in [0.05, 0.1) is 11.4 Å². The highest BCUT2D eigenvalue weighted by Gasteiger charge is 2.43. The molecule has 49 heavy (non-hydrogen) atoms. The van der Waals surface area contributed by atoms with Gasteiger partial charge in [0.15, 0.2) is 5.69 Å². The molecule has 0 unspecified atom stereocenters. The van der Waals surface area contributed by atoms with Crippen LogP contribution >= 0.6 is 0 Å². The second-order valence-corrected chi connectivity index (χ2v) is 15.0. The van der Waals surface area contributed by atoms with Gasteiger partial charge in [-0.2, -0.15) is 18.3 Å². The summed E-state index contributed by atoms with van der Waals surface area (Å²) in [6, 6.07) is 19.9. The predicted molar refractivity (Wildman–Crippen MR) is 178 cm³/mol. The van der Waals surface area contributed by atoms with E-state index < -0.39 is 57.0 Å². The van der Waals surface area contributed by atoms with Crippen LogP contribution in [-0.2, 0) is 29.6 Å². The van der Waals surface area contributed by atoms with E-state index in [-0.39, 0.29) is 17.9 Å². The summed E-state index contributed by atoms with van der Waals surface area (Å²) in [6.07, 6.45) is -2.74. The van der Waals surface area contributed by atoms with E-state index in [0.29, 0.717) is 29.5 Å². The number of rotatable bonds is 12. The molecule has 1 aliphatic rings. The van der Waals surface area contributed by atoms with Crippen LogP contribution in [0.2, 0.25) is 0 Å². The fourth-order valence-electron chi connectivity index (χ4n) is 5.41. The van der Waals surface area contributed by atoms with Gasteiger partial charge in [-0.3, -0.25) is 4.79 Å². The Morgan fingerprint density at radius 1 is 0.980 bits per heavy atom. The van der Waals surface area contributed by atoms with Crippen LogP contribution in [-0.4, -0.2) is 36.2 Å². The zero-order valence-corrected chi connectivity index (χ0v) is 27.9. The lowest BCUT2D eigenvalue weighted by atomic mass is 9.79. The standard InChI is InChI=1S/C35H37F4N5O4S/c1-33(2,3)49(48)43-34(17-16-22-12-13-22,24-9-5-4-6-10-24)25-14-15-27(36)28(19-25)41-31(45)29-20-30(35(37,38)39)42-44(29)26-11-7-8-23(18-26)21-40-32(46)47/h4-11,14-15,18-20,22,40,43H,12-13,16-17,21H2,1-3H3,(H,41,45)(H,46,47)/t34-,49-/m0/s1. The lowest BCUT2D eigenvalue weighted by Gasteiger charge is -2.39. The highest BCUT2D eigenvalue weighted by Crippen LogP contribution is 2.43. The molecule has 0 radical (unpaired) electrons. The number of amides is 2. The molecule has 1 heterocycles. The minimum absolute atomic E-state index is 0.0524. The molecule has 14 heteroatoms. The number of halogens is 4. The van der Waals surface area contributed by atoms with E-state index in [2.05, 4.69) is 20.5 Å². The van der Waals surface area contributed by atoms with Crippen molar-refractivity contribution in [3.8, 4) is 5.69 Å². The van der Waals surface area contributed by atoms with E-state index >= 15 is 4.39 Å². The molecule has 0 spiro atoms. The molecule has 9 nitrogen and oxygen atoms in total. The first-order chi connectivity index (χ1) is 23.1. The maximum absolute atomic E-state index is 15.5. The quantitative estimate of drug-likeness (QED) is 0.0893. The van der Waals surface area contributed by atoms with Crippen molar-refractivity contribution in [2.45, 2.75) is 69.5 Å². The number of carbonyl (C=O) groups excluding carboxylic acids is 1. The van der Waals surface area contributed by atoms with Crippen molar-refractivity contribution in [2.75, 3.05) is 5.32 Å². The van der Waals surface area contributed by atoms with E-state index in [1.165, 1.54) is 30.3 Å². The predicted octanol–water partition coefficient (Wildman–Crippen LogP) is 7.54. The van der Waals surface area contributed by atoms with Crippen molar-refractivity contribution >= 4 is 29.0 Å². The SMILES string of the molecule is CC(C)(C)[S@+]([O-])N[C@@](CCC1CC1)(c1ccccc1)c1ccc(F)c(NC(=O)c2cc(C(F)(F)F)nn2-c2cccc(CNC(=O)O)c2)c1. The summed E-state index contributed by atoms with van der Waals surface area (Å²) >= 11 is -1.58. The number of carbonyl (C=O) groups is 2. The van der Waals surface area contributed by atoms with E-state index in [9.17, 15) is 27.3 Å². The number of aromatic nitrogens is 2. The number of hydrogen-bond acceptors (Lipinski definition) is 5. The van der Waals surface area contributed by atoms with Gasteiger partial charge < -0.3 is 20.3 Å². The number of alkyl halides is 3. The Balaban J connectivity index is 1.56. The number of hydrogen-bond donors (Lipinski definition) is 4. The highest BCUT2D eigenvalue weighted by atomic mass is 32.2. The van der Waals surface area contributed by atoms with Gasteiger partial charge in [0.2, 0.25) is 0 Å². The zero-order valence-electron chi connectivity index (χ0n) is 27.1. The third-order valence-corrected chi connectivity index (χ3v) is 9.90. The Labute approximate surface area is 284 Å². The second kappa shape index (κ2) is 14.2. The van der Waals surface area contributed by atoms with Gasteiger partial charge in [0.1, 0.15) is 21.8 Å². The smallest absolute Gasteiger partial charge is 0.435 e. The summed E-state index contributed by atoms with van der Waals surface area (Å²) in [7, 11) is 0. The monoisotopic (exact) mass is 699 g/mol. The van der Waals surface area contributed by atoms with Gasteiger partial charge in [-0.1, -0.05) is 61.4 Å². The molecule has 0 aliphatic heterocycles. The van der Waals surface area contributed by atoms with Crippen LogP contribution in [0.5, 0.6) is 0 Å². The van der Waals surface area contributed by atoms with Crippen LogP contribution in [0, 0.1) is 11.7 Å². The minimum atomic E-state index is -4.90. The molecular weight excluding hydrogens is 662 g/mol. The molecule has 4 aromatic rings. The largest absolute Gasteiger partial charge is 0.598 e. The van der Waals surface area contributed by atoms with E-state index in [0.717, 1.165) is 29.5 Å². The van der Waals surface area contributed by atoms with Gasteiger partial charge in [0, 0.05) is 24.0 Å². The van der Waals surface area contributed by atoms with E-state index in [4.69, 9.17) is 5.11 Å². The third-order valence-electron chi connectivity index (χ3n) is 8.25. The molecule has 1 fully saturated rings. The van der Waals surface area contributed by atoms with Crippen LogP contribution < -0.4 is 15.4 Å². The number of nitrogens with zero attached hydrogens (tertiary/aromatic N) is 2. The van der Waals surface area contributed by atoms with Crippen molar-refractivity contribution in [2.24, 2.45) is 5.92 Å². The van der Waals surface area contributed by atoms with E-state index in [1.807, 2.05) is 51.1 Å². The summed E-state index contributed by atoms with van der Waals surface area (Å²) in [5, 5.41) is 17.2. The van der Waals surface area contributed by atoms with Crippen LogP contribution in [0.1, 0.15) is 79.3 Å². The fraction of sp³-hybridized carbons (Fsp3) is 0.343. The Morgan fingerprint density at radius 2 is 1.69 bits per heavy atom. The Bertz CT molecular complexity index is 1810. The number of carboxylic acid groups (broad SMARTS) is 1. The van der Waals surface area contributed by atoms with Gasteiger partial charge in [-0.15, -0.1) is 4.72 Å². The Hall–Kier alpha value is -4.40. The average molecular weight is 700 g/mol. The average Bonchev–Trinajstić information content (AvgIpc) is 3.76. The Morgan fingerprint density at radius 3 is 2.33 bits per heavy atom. The van der Waals surface area contributed by atoms with Gasteiger partial charge >= 0.3 is 12.3 Å². The molecule has 4 N–H and O–H groups in total. The van der Waals surface area contributed by atoms with Crippen molar-refractivity contribution in [1.29, 1.82) is 0 Å². The molecule has 3 aromatic carbocycles. The molecule has 5 rings (SSSR count). The van der Waals surface area contributed by atoms with Gasteiger partial charge in [-0.05, 0) is 80.5 Å². The maximum atomic E-state index is 15.5. The van der Waals surface area contributed by atoms with Crippen molar-refractivity contribution in [3.63, 3.8) is 0 Å². The second-order valence-electron chi connectivity index (χ2n) is 13.0. The first-order valence-electron chi connectivity index (χ1n) is 15.7. The van der Waals surface area contributed by atoms with Gasteiger partial charge in [-0.25, -0.2) is 13.9 Å². The molecule has 260 valence electrons. The van der Waals surface area contributed by atoms with Crippen LogP contribution in [0.15, 0.2) is 78.9 Å². The van der Waals surface area contributed by atoms with Crippen molar-refractivity contribution in [3.05, 3.63) is 113 Å². The molecular formula is C35H37F4N5O4S. The molecule has 2 amide bonds. The Kier molecular flexibility index (Phi) is 10.4. The molecule has 1 saturated carbocycles. The summed E-state index contributed by atoms with van der Waals surface area (Å²) < 4.78 is 74.1. The molecule has 1 aliphatic carbocycles. The maximum Gasteiger partial charge on any atom is 0.435 e. The molecule has 0 bridgehead atoms. The van der Waals surface area contributed by atoms with Gasteiger partial charge in [0.25, 0.3) is 5.91 Å².